The van der Waals surface area contributed by atoms with Crippen molar-refractivity contribution in [3.05, 3.63) is 93.3 Å². The molecule has 2 N–H and O–H groups in total. The lowest BCUT2D eigenvalue weighted by Crippen LogP contribution is -2.21. The first-order chi connectivity index (χ1) is 15.9. The molecule has 0 radical (unpaired) electrons. The molecule has 0 bridgehead atoms. The Balaban J connectivity index is 1.71. The predicted molar refractivity (Wildman–Crippen MR) is 124 cm³/mol. The molecule has 1 unspecified atom stereocenters. The highest BCUT2D eigenvalue weighted by atomic mass is 79.9. The number of allylic oxidation sites excluding steroid dienone is 1. The molecular weight excluding hydrogens is 488 g/mol. The maximum atomic E-state index is 12.5. The van der Waals surface area contributed by atoms with Gasteiger partial charge in [-0.2, -0.15) is 5.26 Å². The number of nitriles is 1. The molecule has 166 valence electrons. The second-order valence-corrected chi connectivity index (χ2v) is 8.05. The Morgan fingerprint density at radius 3 is 2.42 bits per heavy atom. The number of esters is 1. The number of nitrogens with two attached hydrogens (primary N) is 1. The molecule has 4 rings (SSSR count). The van der Waals surface area contributed by atoms with Crippen LogP contribution in [-0.4, -0.2) is 20.2 Å². The van der Waals surface area contributed by atoms with E-state index in [0.29, 0.717) is 34.1 Å². The first kappa shape index (κ1) is 22.2. The maximum Gasteiger partial charge on any atom is 0.343 e. The number of methoxy groups -OCH3 is 2. The zero-order chi connectivity index (χ0) is 23.5. The summed E-state index contributed by atoms with van der Waals surface area (Å²) in [5.74, 6) is 0.776. The third-order valence-corrected chi connectivity index (χ3v) is 5.75. The van der Waals surface area contributed by atoms with E-state index in [4.69, 9.17) is 24.7 Å². The van der Waals surface area contributed by atoms with Crippen LogP contribution in [0.4, 0.5) is 0 Å². The number of nitrogens with zero attached hydrogens (tertiary/aromatic N) is 1. The average Bonchev–Trinajstić information content (AvgIpc) is 2.83. The smallest absolute Gasteiger partial charge is 0.343 e. The molecule has 0 fully saturated rings. The number of halogens is 1. The van der Waals surface area contributed by atoms with E-state index >= 15 is 0 Å². The summed E-state index contributed by atoms with van der Waals surface area (Å²) in [6.07, 6.45) is 0. The normalized spacial score (nSPS) is 14.5. The van der Waals surface area contributed by atoms with Crippen LogP contribution in [0.5, 0.6) is 23.0 Å². The summed E-state index contributed by atoms with van der Waals surface area (Å²) >= 11 is 3.34. The molecule has 0 aliphatic carbocycles. The molecule has 0 saturated carbocycles. The van der Waals surface area contributed by atoms with Crippen molar-refractivity contribution in [2.24, 2.45) is 5.73 Å². The van der Waals surface area contributed by atoms with Crippen molar-refractivity contribution in [1.82, 2.24) is 0 Å². The van der Waals surface area contributed by atoms with E-state index < -0.39 is 11.9 Å². The Morgan fingerprint density at radius 2 is 1.76 bits per heavy atom. The molecule has 8 heteroatoms. The molecule has 0 aromatic heterocycles. The van der Waals surface area contributed by atoms with Gasteiger partial charge < -0.3 is 24.7 Å². The van der Waals surface area contributed by atoms with Crippen LogP contribution in [0, 0.1) is 11.3 Å². The van der Waals surface area contributed by atoms with Crippen molar-refractivity contribution >= 4 is 21.9 Å². The van der Waals surface area contributed by atoms with Crippen LogP contribution in [-0.2, 0) is 0 Å². The van der Waals surface area contributed by atoms with E-state index in [9.17, 15) is 10.1 Å². The van der Waals surface area contributed by atoms with Gasteiger partial charge in [-0.3, -0.25) is 0 Å². The second kappa shape index (κ2) is 9.27. The number of hydrogen-bond acceptors (Lipinski definition) is 7. The monoisotopic (exact) mass is 506 g/mol. The number of benzene rings is 3. The first-order valence-corrected chi connectivity index (χ1v) is 10.7. The van der Waals surface area contributed by atoms with Gasteiger partial charge in [0, 0.05) is 16.1 Å². The van der Waals surface area contributed by atoms with Gasteiger partial charge in [0.2, 0.25) is 5.88 Å². The van der Waals surface area contributed by atoms with E-state index in [1.165, 1.54) is 0 Å². The quantitative estimate of drug-likeness (QED) is 0.387. The summed E-state index contributed by atoms with van der Waals surface area (Å²) < 4.78 is 22.8. The van der Waals surface area contributed by atoms with Gasteiger partial charge in [0.15, 0.2) is 11.5 Å². The summed E-state index contributed by atoms with van der Waals surface area (Å²) in [5.41, 5.74) is 8.24. The number of rotatable bonds is 5. The molecule has 0 spiro atoms. The summed E-state index contributed by atoms with van der Waals surface area (Å²) in [6, 6.07) is 19.4. The molecule has 1 aliphatic heterocycles. The molecule has 0 saturated heterocycles. The van der Waals surface area contributed by atoms with Crippen LogP contribution in [0.2, 0.25) is 0 Å². The maximum absolute atomic E-state index is 12.5. The number of fused-ring (bicyclic) bond motifs is 1. The van der Waals surface area contributed by atoms with E-state index in [2.05, 4.69) is 22.0 Å². The highest BCUT2D eigenvalue weighted by Gasteiger charge is 2.31. The third-order valence-electron chi connectivity index (χ3n) is 5.22. The lowest BCUT2D eigenvalue weighted by molar-refractivity contribution is 0.0734. The standard InChI is InChI=1S/C25H19BrN2O5/c1-30-20-10-5-15(11-22(20)31-2)23-18-9-8-17(12-21(18)33-24(28)19(23)13-27)32-25(29)14-3-6-16(26)7-4-14/h3-12,23H,28H2,1-2H3. The van der Waals surface area contributed by atoms with Crippen molar-refractivity contribution in [1.29, 1.82) is 5.26 Å². The molecule has 33 heavy (non-hydrogen) atoms. The Morgan fingerprint density at radius 1 is 1.03 bits per heavy atom. The van der Waals surface area contributed by atoms with Crippen LogP contribution in [0.25, 0.3) is 0 Å². The highest BCUT2D eigenvalue weighted by Crippen LogP contribution is 2.45. The summed E-state index contributed by atoms with van der Waals surface area (Å²) in [7, 11) is 3.10. The minimum Gasteiger partial charge on any atom is -0.493 e. The zero-order valence-electron chi connectivity index (χ0n) is 17.8. The van der Waals surface area contributed by atoms with Crippen LogP contribution in [0.3, 0.4) is 0 Å². The van der Waals surface area contributed by atoms with Crippen LogP contribution < -0.4 is 24.7 Å². The van der Waals surface area contributed by atoms with Crippen LogP contribution in [0.15, 0.2) is 76.6 Å². The summed E-state index contributed by atoms with van der Waals surface area (Å²) in [5, 5.41) is 9.77. The van der Waals surface area contributed by atoms with E-state index in [-0.39, 0.29) is 11.5 Å². The average molecular weight is 507 g/mol. The highest BCUT2D eigenvalue weighted by molar-refractivity contribution is 9.10. The lowest BCUT2D eigenvalue weighted by Gasteiger charge is -2.27. The molecular formula is C25H19BrN2O5. The zero-order valence-corrected chi connectivity index (χ0v) is 19.4. The summed E-state index contributed by atoms with van der Waals surface area (Å²) in [4.78, 5) is 12.5. The molecule has 1 atom stereocenters. The Labute approximate surface area is 199 Å². The molecule has 1 aliphatic rings. The second-order valence-electron chi connectivity index (χ2n) is 7.14. The van der Waals surface area contributed by atoms with Gasteiger partial charge >= 0.3 is 5.97 Å². The fraction of sp³-hybridized carbons (Fsp3) is 0.120. The predicted octanol–water partition coefficient (Wildman–Crippen LogP) is 4.90. The van der Waals surface area contributed by atoms with Crippen molar-refractivity contribution in [2.75, 3.05) is 14.2 Å². The van der Waals surface area contributed by atoms with Gasteiger partial charge in [-0.15, -0.1) is 0 Å². The molecule has 3 aromatic carbocycles. The Bertz CT molecular complexity index is 1300. The topological polar surface area (TPSA) is 104 Å². The minimum atomic E-state index is -0.504. The number of carbonyl (C=O) groups is 1. The SMILES string of the molecule is COc1ccc(C2C(C#N)=C(N)Oc3cc(OC(=O)c4ccc(Br)cc4)ccc32)cc1OC. The number of carbonyl (C=O) groups excluding carboxylic acids is 1. The first-order valence-electron chi connectivity index (χ1n) is 9.86. The van der Waals surface area contributed by atoms with Gasteiger partial charge in [-0.05, 0) is 48.0 Å². The summed E-state index contributed by atoms with van der Waals surface area (Å²) in [6.45, 7) is 0. The minimum absolute atomic E-state index is 0.0128. The van der Waals surface area contributed by atoms with Crippen molar-refractivity contribution in [3.8, 4) is 29.1 Å². The molecule has 7 nitrogen and oxygen atoms in total. The van der Waals surface area contributed by atoms with Gasteiger partial charge in [0.25, 0.3) is 0 Å². The van der Waals surface area contributed by atoms with Gasteiger partial charge in [-0.25, -0.2) is 4.79 Å². The van der Waals surface area contributed by atoms with Crippen molar-refractivity contribution in [2.45, 2.75) is 5.92 Å². The molecule has 1 heterocycles. The van der Waals surface area contributed by atoms with E-state index in [1.54, 1.807) is 68.8 Å². The Hall–Kier alpha value is -3.96. The van der Waals surface area contributed by atoms with Gasteiger partial charge in [0.05, 0.1) is 25.7 Å². The van der Waals surface area contributed by atoms with Crippen molar-refractivity contribution in [3.63, 3.8) is 0 Å². The largest absolute Gasteiger partial charge is 0.493 e. The Kier molecular flexibility index (Phi) is 6.24. The number of ether oxygens (including phenoxy) is 4. The lowest BCUT2D eigenvalue weighted by atomic mass is 9.83. The third kappa shape index (κ3) is 4.36. The molecule has 3 aromatic rings. The molecule has 0 amide bonds. The fourth-order valence-corrected chi connectivity index (χ4v) is 3.89. The van der Waals surface area contributed by atoms with Gasteiger partial charge in [0.1, 0.15) is 23.1 Å². The fourth-order valence-electron chi connectivity index (χ4n) is 3.63. The van der Waals surface area contributed by atoms with E-state index in [0.717, 1.165) is 10.0 Å². The number of hydrogen-bond donors (Lipinski definition) is 1. The van der Waals surface area contributed by atoms with Crippen LogP contribution >= 0.6 is 15.9 Å². The van der Waals surface area contributed by atoms with Gasteiger partial charge in [-0.1, -0.05) is 28.1 Å². The van der Waals surface area contributed by atoms with E-state index in [1.807, 2.05) is 6.07 Å². The van der Waals surface area contributed by atoms with Crippen LogP contribution in [0.1, 0.15) is 27.4 Å². The van der Waals surface area contributed by atoms with Crippen molar-refractivity contribution < 1.29 is 23.7 Å².